The van der Waals surface area contributed by atoms with Crippen LogP contribution in [-0.2, 0) is 9.53 Å². The number of thioether (sulfide) groups is 1. The Morgan fingerprint density at radius 2 is 1.83 bits per heavy atom. The van der Waals surface area contributed by atoms with Crippen LogP contribution < -0.4 is 14.8 Å². The molecule has 41 heavy (non-hydrogen) atoms. The molecule has 9 nitrogen and oxygen atoms in total. The molecule has 5 aromatic rings. The molecule has 1 aliphatic rings. The molecule has 1 amide bonds. The first kappa shape index (κ1) is 27.1. The number of aryl methyl sites for hydroxylation is 3. The number of rotatable bonds is 6. The van der Waals surface area contributed by atoms with E-state index in [0.29, 0.717) is 46.0 Å². The number of pyridine rings is 1. The van der Waals surface area contributed by atoms with Gasteiger partial charge in [-0.1, -0.05) is 29.5 Å². The Labute approximate surface area is 244 Å². The van der Waals surface area contributed by atoms with Crippen LogP contribution in [0.2, 0.25) is 0 Å². The Bertz CT molecular complexity index is 1840. The van der Waals surface area contributed by atoms with Crippen molar-refractivity contribution in [3.63, 3.8) is 0 Å². The molecule has 0 saturated heterocycles. The molecule has 1 atom stereocenters. The number of carbonyl (C=O) groups is 2. The first-order valence-electron chi connectivity index (χ1n) is 13.1. The topological polar surface area (TPSA) is 104 Å². The van der Waals surface area contributed by atoms with Gasteiger partial charge in [-0.3, -0.25) is 9.20 Å². The number of amides is 1. The third-order valence-electron chi connectivity index (χ3n) is 7.02. The lowest BCUT2D eigenvalue weighted by atomic mass is 10.0. The summed E-state index contributed by atoms with van der Waals surface area (Å²) in [6.45, 7) is 8.97. The zero-order chi connectivity index (χ0) is 28.8. The minimum Gasteiger partial charge on any atom is -0.486 e. The number of nitrogens with one attached hydrogen (secondary N) is 1. The second-order valence-corrected chi connectivity index (χ2v) is 12.1. The smallest absolute Gasteiger partial charge is 0.341 e. The molecular formula is C30H28N4O5S2. The van der Waals surface area contributed by atoms with Crippen molar-refractivity contribution in [3.8, 4) is 22.6 Å². The number of hydrogen-bond donors (Lipinski definition) is 1. The minimum atomic E-state index is -0.539. The Morgan fingerprint density at radius 1 is 1.05 bits per heavy atom. The summed E-state index contributed by atoms with van der Waals surface area (Å²) in [5, 5.41) is 15.2. The third kappa shape index (κ3) is 4.89. The molecule has 0 fully saturated rings. The van der Waals surface area contributed by atoms with Gasteiger partial charge in [-0.2, -0.15) is 0 Å². The molecule has 1 aliphatic heterocycles. The first-order valence-corrected chi connectivity index (χ1v) is 14.8. The van der Waals surface area contributed by atoms with Crippen molar-refractivity contribution in [2.45, 2.75) is 38.1 Å². The maximum atomic E-state index is 13.4. The maximum Gasteiger partial charge on any atom is 0.341 e. The number of hydrogen-bond acceptors (Lipinski definition) is 9. The fraction of sp³-hybridized carbons (Fsp3) is 0.267. The molecule has 0 spiro atoms. The molecule has 0 radical (unpaired) electrons. The average Bonchev–Trinajstić information content (AvgIpc) is 3.56. The van der Waals surface area contributed by atoms with Gasteiger partial charge in [-0.05, 0) is 68.7 Å². The summed E-state index contributed by atoms with van der Waals surface area (Å²) < 4.78 is 18.4. The molecule has 4 heterocycles. The van der Waals surface area contributed by atoms with E-state index in [0.717, 1.165) is 33.2 Å². The Morgan fingerprint density at radius 3 is 2.61 bits per heavy atom. The van der Waals surface area contributed by atoms with Crippen LogP contribution in [0.5, 0.6) is 11.5 Å². The molecule has 3 aromatic heterocycles. The van der Waals surface area contributed by atoms with Crippen LogP contribution in [0.3, 0.4) is 0 Å². The Hall–Kier alpha value is -4.09. The third-order valence-corrected chi connectivity index (χ3v) is 8.96. The lowest BCUT2D eigenvalue weighted by molar-refractivity contribution is -0.115. The zero-order valence-corrected chi connectivity index (χ0v) is 24.9. The number of esters is 1. The van der Waals surface area contributed by atoms with E-state index in [1.165, 1.54) is 35.8 Å². The molecule has 6 rings (SSSR count). The molecule has 0 bridgehead atoms. The largest absolute Gasteiger partial charge is 0.486 e. The highest BCUT2D eigenvalue weighted by Gasteiger charge is 2.26. The van der Waals surface area contributed by atoms with Gasteiger partial charge >= 0.3 is 5.97 Å². The molecule has 0 saturated carbocycles. The fourth-order valence-corrected chi connectivity index (χ4v) is 6.91. The summed E-state index contributed by atoms with van der Waals surface area (Å²) in [6.07, 6.45) is 0. The van der Waals surface area contributed by atoms with Crippen LogP contribution >= 0.6 is 23.1 Å². The van der Waals surface area contributed by atoms with E-state index in [1.54, 1.807) is 0 Å². The number of methoxy groups -OCH3 is 1. The average molecular weight is 589 g/mol. The normalized spacial score (nSPS) is 13.4. The molecule has 11 heteroatoms. The highest BCUT2D eigenvalue weighted by Crippen LogP contribution is 2.41. The second kappa shape index (κ2) is 10.7. The molecule has 1 N–H and O–H groups in total. The van der Waals surface area contributed by atoms with E-state index >= 15 is 0 Å². The van der Waals surface area contributed by atoms with Crippen LogP contribution in [0, 0.1) is 20.8 Å². The van der Waals surface area contributed by atoms with Crippen molar-refractivity contribution in [2.75, 3.05) is 25.6 Å². The summed E-state index contributed by atoms with van der Waals surface area (Å²) in [6, 6.07) is 11.8. The van der Waals surface area contributed by atoms with Crippen molar-refractivity contribution in [1.29, 1.82) is 0 Å². The van der Waals surface area contributed by atoms with Crippen LogP contribution in [0.1, 0.15) is 34.0 Å². The Kier molecular flexibility index (Phi) is 7.08. The van der Waals surface area contributed by atoms with Crippen molar-refractivity contribution >= 4 is 56.5 Å². The van der Waals surface area contributed by atoms with Gasteiger partial charge < -0.3 is 19.5 Å². The van der Waals surface area contributed by atoms with Gasteiger partial charge in [-0.25, -0.2) is 4.79 Å². The highest BCUT2D eigenvalue weighted by atomic mass is 32.2. The number of aromatic nitrogens is 3. The van der Waals surface area contributed by atoms with Crippen molar-refractivity contribution < 1.29 is 23.8 Å². The lowest BCUT2D eigenvalue weighted by Gasteiger charge is -2.19. The number of thiophene rings is 1. The fourth-order valence-electron chi connectivity index (χ4n) is 5.09. The van der Waals surface area contributed by atoms with Gasteiger partial charge in [0.05, 0.1) is 17.9 Å². The zero-order valence-electron chi connectivity index (χ0n) is 23.2. The van der Waals surface area contributed by atoms with Gasteiger partial charge in [0.1, 0.15) is 23.8 Å². The molecule has 1 unspecified atom stereocenters. The number of carbonyl (C=O) groups excluding carboxylic acids is 2. The first-order chi connectivity index (χ1) is 19.7. The molecule has 210 valence electrons. The van der Waals surface area contributed by atoms with Crippen LogP contribution in [0.25, 0.3) is 27.7 Å². The second-order valence-electron chi connectivity index (χ2n) is 9.93. The highest BCUT2D eigenvalue weighted by molar-refractivity contribution is 8.00. The maximum absolute atomic E-state index is 13.4. The molecule has 0 aliphatic carbocycles. The number of fused-ring (bicyclic) bond motifs is 4. The predicted octanol–water partition coefficient (Wildman–Crippen LogP) is 6.21. The molecular weight excluding hydrogens is 560 g/mol. The number of anilines is 1. The van der Waals surface area contributed by atoms with Crippen molar-refractivity contribution in [2.24, 2.45) is 0 Å². The van der Waals surface area contributed by atoms with E-state index in [4.69, 9.17) is 14.2 Å². The van der Waals surface area contributed by atoms with Crippen LogP contribution in [0.4, 0.5) is 5.00 Å². The quantitative estimate of drug-likeness (QED) is 0.184. The standard InChI is InChI=1S/C30H28N4O5S2/c1-15-10-17(3)26-20(11-15)16(2)12-24-32-33-30(34(24)26)41-18(4)27(35)31-28-25(29(36)37-5)21(14-40-28)19-6-7-22-23(13-19)39-9-8-38-22/h6-7,10-14,18H,8-9H2,1-5H3,(H,31,35). The van der Waals surface area contributed by atoms with E-state index < -0.39 is 11.2 Å². The summed E-state index contributed by atoms with van der Waals surface area (Å²) >= 11 is 2.58. The van der Waals surface area contributed by atoms with E-state index in [1.807, 2.05) is 41.0 Å². The lowest BCUT2D eigenvalue weighted by Crippen LogP contribution is -2.23. The van der Waals surface area contributed by atoms with Gasteiger partial charge in [0.15, 0.2) is 22.3 Å². The monoisotopic (exact) mass is 588 g/mol. The summed E-state index contributed by atoms with van der Waals surface area (Å²) in [5.74, 6) is 0.461. The van der Waals surface area contributed by atoms with Gasteiger partial charge in [0.2, 0.25) is 5.91 Å². The number of ether oxygens (including phenoxy) is 3. The summed E-state index contributed by atoms with van der Waals surface area (Å²) in [4.78, 5) is 26.3. The van der Waals surface area contributed by atoms with Crippen LogP contribution in [-0.4, -0.2) is 52.0 Å². The summed E-state index contributed by atoms with van der Waals surface area (Å²) in [7, 11) is 1.32. The van der Waals surface area contributed by atoms with Gasteiger partial charge in [-0.15, -0.1) is 21.5 Å². The van der Waals surface area contributed by atoms with Crippen LogP contribution in [0.15, 0.2) is 46.9 Å². The minimum absolute atomic E-state index is 0.267. The Balaban J connectivity index is 1.30. The predicted molar refractivity (Wildman–Crippen MR) is 161 cm³/mol. The van der Waals surface area contributed by atoms with E-state index in [9.17, 15) is 9.59 Å². The van der Waals surface area contributed by atoms with Gasteiger partial charge in [0.25, 0.3) is 0 Å². The number of nitrogens with zero attached hydrogens (tertiary/aromatic N) is 3. The van der Waals surface area contributed by atoms with Crippen molar-refractivity contribution in [1.82, 2.24) is 14.6 Å². The van der Waals surface area contributed by atoms with Crippen molar-refractivity contribution in [3.05, 3.63) is 64.0 Å². The molecule has 2 aromatic carbocycles. The van der Waals surface area contributed by atoms with E-state index in [2.05, 4.69) is 48.4 Å². The number of benzene rings is 2. The summed E-state index contributed by atoms with van der Waals surface area (Å²) in [5.41, 5.74) is 6.87. The van der Waals surface area contributed by atoms with Gasteiger partial charge in [0, 0.05) is 16.3 Å². The van der Waals surface area contributed by atoms with E-state index in [-0.39, 0.29) is 5.91 Å². The SMILES string of the molecule is COC(=O)c1c(-c2ccc3c(c2)OCCO3)csc1NC(=O)C(C)Sc1nnc2cc(C)c3cc(C)cc(C)c3n12.